The number of anilines is 1. The summed E-state index contributed by atoms with van der Waals surface area (Å²) in [7, 11) is 0. The van der Waals surface area contributed by atoms with Gasteiger partial charge in [-0.3, -0.25) is 4.79 Å². The maximum absolute atomic E-state index is 12.1. The average Bonchev–Trinajstić information content (AvgIpc) is 2.98. The molecule has 0 unspecified atom stereocenters. The van der Waals surface area contributed by atoms with Crippen LogP contribution in [0, 0.1) is 0 Å². The first-order valence-corrected chi connectivity index (χ1v) is 6.67. The van der Waals surface area contributed by atoms with Gasteiger partial charge in [-0.1, -0.05) is 24.3 Å². The SMILES string of the molecule is O=C1Nc2cccc(O)c2C1=Nc1c(O)[nH]c2ccccc12. The minimum atomic E-state index is -0.416. The number of hydrogen-bond acceptors (Lipinski definition) is 4. The number of nitrogens with one attached hydrogen (secondary N) is 2. The molecule has 0 radical (unpaired) electrons. The van der Waals surface area contributed by atoms with Gasteiger partial charge in [0.05, 0.1) is 16.8 Å². The van der Waals surface area contributed by atoms with Crippen LogP contribution in [-0.4, -0.2) is 26.8 Å². The number of amides is 1. The van der Waals surface area contributed by atoms with Gasteiger partial charge in [0.15, 0.2) is 0 Å². The molecule has 1 aliphatic heterocycles. The number of nitrogens with zero attached hydrogens (tertiary/aromatic N) is 1. The molecule has 1 aliphatic rings. The normalized spacial score (nSPS) is 15.3. The number of carbonyl (C=O) groups excluding carboxylic acids is 1. The maximum Gasteiger partial charge on any atom is 0.275 e. The summed E-state index contributed by atoms with van der Waals surface area (Å²) in [6, 6.07) is 12.1. The van der Waals surface area contributed by atoms with Crippen molar-refractivity contribution in [1.82, 2.24) is 4.98 Å². The van der Waals surface area contributed by atoms with E-state index < -0.39 is 5.91 Å². The van der Waals surface area contributed by atoms with Gasteiger partial charge in [-0.15, -0.1) is 0 Å². The van der Waals surface area contributed by atoms with E-state index in [1.165, 1.54) is 6.07 Å². The second-order valence-corrected chi connectivity index (χ2v) is 4.98. The summed E-state index contributed by atoms with van der Waals surface area (Å²) in [6.45, 7) is 0. The highest BCUT2D eigenvalue weighted by atomic mass is 16.3. The molecule has 3 aromatic rings. The van der Waals surface area contributed by atoms with Crippen molar-refractivity contribution in [2.45, 2.75) is 0 Å². The number of benzene rings is 2. The van der Waals surface area contributed by atoms with Crippen LogP contribution in [0.2, 0.25) is 0 Å². The van der Waals surface area contributed by atoms with E-state index in [0.717, 1.165) is 5.52 Å². The Morgan fingerprint density at radius 1 is 1.00 bits per heavy atom. The van der Waals surface area contributed by atoms with Crippen LogP contribution < -0.4 is 5.32 Å². The molecule has 0 atom stereocenters. The minimum absolute atomic E-state index is 0.0334. The van der Waals surface area contributed by atoms with Crippen LogP contribution >= 0.6 is 0 Å². The third-order valence-electron chi connectivity index (χ3n) is 3.63. The first-order valence-electron chi connectivity index (χ1n) is 6.67. The topological polar surface area (TPSA) is 97.7 Å². The summed E-state index contributed by atoms with van der Waals surface area (Å²) < 4.78 is 0. The molecule has 6 nitrogen and oxygen atoms in total. The monoisotopic (exact) mass is 293 g/mol. The lowest BCUT2D eigenvalue weighted by molar-refractivity contribution is -0.110. The number of H-pyrrole nitrogens is 1. The maximum atomic E-state index is 12.1. The smallest absolute Gasteiger partial charge is 0.275 e. The second-order valence-electron chi connectivity index (χ2n) is 4.98. The highest BCUT2D eigenvalue weighted by Gasteiger charge is 2.29. The second kappa shape index (κ2) is 4.36. The van der Waals surface area contributed by atoms with Gasteiger partial charge < -0.3 is 20.5 Å². The molecule has 0 spiro atoms. The number of aromatic amines is 1. The number of para-hydroxylation sites is 1. The molecule has 2 heterocycles. The fourth-order valence-corrected chi connectivity index (χ4v) is 2.63. The van der Waals surface area contributed by atoms with E-state index in [9.17, 15) is 15.0 Å². The molecule has 1 aromatic heterocycles. The Balaban J connectivity index is 1.97. The Morgan fingerprint density at radius 2 is 1.82 bits per heavy atom. The van der Waals surface area contributed by atoms with Gasteiger partial charge in [-0.25, -0.2) is 4.99 Å². The summed E-state index contributed by atoms with van der Waals surface area (Å²) in [5.74, 6) is -0.569. The van der Waals surface area contributed by atoms with Crippen LogP contribution in [0.1, 0.15) is 5.56 Å². The van der Waals surface area contributed by atoms with Crippen molar-refractivity contribution in [3.05, 3.63) is 48.0 Å². The third-order valence-corrected chi connectivity index (χ3v) is 3.63. The van der Waals surface area contributed by atoms with E-state index in [0.29, 0.717) is 16.6 Å². The zero-order valence-corrected chi connectivity index (χ0v) is 11.3. The van der Waals surface area contributed by atoms with Crippen molar-refractivity contribution in [2.24, 2.45) is 4.99 Å². The van der Waals surface area contributed by atoms with Gasteiger partial charge in [0.2, 0.25) is 5.88 Å². The number of carbonyl (C=O) groups is 1. The molecule has 4 rings (SSSR count). The molecule has 0 aliphatic carbocycles. The number of rotatable bonds is 1. The van der Waals surface area contributed by atoms with Gasteiger partial charge in [-0.05, 0) is 18.2 Å². The fraction of sp³-hybridized carbons (Fsp3) is 0. The predicted molar refractivity (Wildman–Crippen MR) is 82.9 cm³/mol. The number of phenols is 1. The lowest BCUT2D eigenvalue weighted by atomic mass is 10.1. The number of phenolic OH excluding ortho intramolecular Hbond substituents is 1. The van der Waals surface area contributed by atoms with Crippen molar-refractivity contribution in [3.8, 4) is 11.6 Å². The number of fused-ring (bicyclic) bond motifs is 2. The highest BCUT2D eigenvalue weighted by molar-refractivity contribution is 6.54. The van der Waals surface area contributed by atoms with E-state index >= 15 is 0 Å². The van der Waals surface area contributed by atoms with Gasteiger partial charge in [0, 0.05) is 5.39 Å². The van der Waals surface area contributed by atoms with Crippen molar-refractivity contribution in [1.29, 1.82) is 0 Å². The van der Waals surface area contributed by atoms with Gasteiger partial charge in [-0.2, -0.15) is 0 Å². The van der Waals surface area contributed by atoms with Gasteiger partial charge in [0.1, 0.15) is 17.1 Å². The van der Waals surface area contributed by atoms with E-state index in [2.05, 4.69) is 15.3 Å². The van der Waals surface area contributed by atoms with E-state index in [1.54, 1.807) is 24.3 Å². The molecule has 0 bridgehead atoms. The molecule has 2 aromatic carbocycles. The van der Waals surface area contributed by atoms with E-state index in [4.69, 9.17) is 0 Å². The fourth-order valence-electron chi connectivity index (χ4n) is 2.63. The Bertz CT molecular complexity index is 956. The summed E-state index contributed by atoms with van der Waals surface area (Å²) in [5.41, 5.74) is 1.92. The molecule has 4 N–H and O–H groups in total. The highest BCUT2D eigenvalue weighted by Crippen LogP contribution is 2.38. The van der Waals surface area contributed by atoms with Gasteiger partial charge in [0.25, 0.3) is 5.91 Å². The number of aromatic hydroxyl groups is 2. The number of hydrogen-bond donors (Lipinski definition) is 4. The molecule has 6 heteroatoms. The van der Waals surface area contributed by atoms with Crippen LogP contribution in [0.5, 0.6) is 11.6 Å². The Kier molecular flexibility index (Phi) is 2.47. The summed E-state index contributed by atoms with van der Waals surface area (Å²) in [4.78, 5) is 19.2. The first kappa shape index (κ1) is 12.5. The first-order chi connectivity index (χ1) is 10.6. The summed E-state index contributed by atoms with van der Waals surface area (Å²) in [5, 5.41) is 23.4. The zero-order valence-electron chi connectivity index (χ0n) is 11.3. The van der Waals surface area contributed by atoms with Crippen LogP contribution in [0.4, 0.5) is 11.4 Å². The van der Waals surface area contributed by atoms with Crippen molar-refractivity contribution < 1.29 is 15.0 Å². The molecular formula is C16H11N3O3. The van der Waals surface area contributed by atoms with Crippen LogP contribution in [-0.2, 0) is 4.79 Å². The van der Waals surface area contributed by atoms with Crippen molar-refractivity contribution in [2.75, 3.05) is 5.32 Å². The molecule has 1 amide bonds. The van der Waals surface area contributed by atoms with Crippen molar-refractivity contribution in [3.63, 3.8) is 0 Å². The number of aromatic nitrogens is 1. The molecule has 0 saturated carbocycles. The standard InChI is InChI=1S/C16H11N3O3/c20-11-7-3-6-10-12(11)14(16(22)18-10)19-13-8-4-1-2-5-9(8)17-15(13)21/h1-7,17,20-21H,(H,18,19,22). The predicted octanol–water partition coefficient (Wildman–Crippen LogP) is 2.65. The van der Waals surface area contributed by atoms with E-state index in [-0.39, 0.29) is 23.0 Å². The molecule has 0 saturated heterocycles. The van der Waals surface area contributed by atoms with Crippen LogP contribution in [0.25, 0.3) is 10.9 Å². The van der Waals surface area contributed by atoms with Crippen molar-refractivity contribution >= 4 is 33.9 Å². The van der Waals surface area contributed by atoms with Crippen LogP contribution in [0.3, 0.4) is 0 Å². The zero-order chi connectivity index (χ0) is 15.3. The Hall–Kier alpha value is -3.28. The summed E-state index contributed by atoms with van der Waals surface area (Å²) in [6.07, 6.45) is 0. The quantitative estimate of drug-likeness (QED) is 0.555. The molecular weight excluding hydrogens is 282 g/mol. The van der Waals surface area contributed by atoms with E-state index in [1.807, 2.05) is 12.1 Å². The van der Waals surface area contributed by atoms with Gasteiger partial charge >= 0.3 is 0 Å². The summed E-state index contributed by atoms with van der Waals surface area (Å²) >= 11 is 0. The Morgan fingerprint density at radius 3 is 2.68 bits per heavy atom. The molecule has 22 heavy (non-hydrogen) atoms. The lowest BCUT2D eigenvalue weighted by Crippen LogP contribution is -2.13. The van der Waals surface area contributed by atoms with Crippen LogP contribution in [0.15, 0.2) is 47.5 Å². The number of aliphatic imine (C=N–C) groups is 1. The average molecular weight is 293 g/mol. The minimum Gasteiger partial charge on any atom is -0.507 e. The molecule has 108 valence electrons. The third kappa shape index (κ3) is 1.67. The largest absolute Gasteiger partial charge is 0.507 e. The lowest BCUT2D eigenvalue weighted by Gasteiger charge is -2.00. The molecule has 0 fully saturated rings. The Labute approximate surface area is 124 Å².